The van der Waals surface area contributed by atoms with E-state index in [4.69, 9.17) is 0 Å². The average Bonchev–Trinajstić information content (AvgIpc) is 2.66. The van der Waals surface area contributed by atoms with E-state index in [0.717, 1.165) is 11.1 Å². The van der Waals surface area contributed by atoms with Crippen molar-refractivity contribution in [2.45, 2.75) is 66.2 Å². The number of carboxylic acid groups (broad SMARTS) is 2. The number of hydrogen-bond donors (Lipinski definition) is 0. The van der Waals surface area contributed by atoms with Crippen molar-refractivity contribution in [3.8, 4) is 0 Å². The zero-order valence-electron chi connectivity index (χ0n) is 20.1. The molecule has 2 aromatic rings. The third-order valence-corrected chi connectivity index (χ3v) is 6.52. The minimum atomic E-state index is -1.03. The summed E-state index contributed by atoms with van der Waals surface area (Å²) in [5.74, 6) is -2.05. The maximum atomic E-state index is 11.4. The van der Waals surface area contributed by atoms with Crippen LogP contribution in [0.1, 0.15) is 66.5 Å². The molecule has 0 radical (unpaired) electrons. The molecule has 0 N–H and O–H groups in total. The zero-order valence-corrected chi connectivity index (χ0v) is 21.5. The van der Waals surface area contributed by atoms with Gasteiger partial charge in [0.25, 0.3) is 0 Å². The van der Waals surface area contributed by atoms with E-state index in [1.807, 2.05) is 102 Å². The van der Waals surface area contributed by atoms with Gasteiger partial charge in [0, 0.05) is 10.8 Å². The Morgan fingerprint density at radius 2 is 0.774 bits per heavy atom. The van der Waals surface area contributed by atoms with E-state index in [1.165, 1.54) is 0 Å². The molecule has 0 aromatic heterocycles. The normalized spacial score (nSPS) is 15.2. The molecule has 0 spiro atoms. The van der Waals surface area contributed by atoms with E-state index in [1.54, 1.807) is 13.8 Å². The van der Waals surface area contributed by atoms with E-state index in [0.29, 0.717) is 0 Å². The Morgan fingerprint density at radius 3 is 0.935 bits per heavy atom. The Hall–Kier alpha value is -1.85. The number of carboxylic acids is 2. The number of aliphatic carboxylic acids is 2. The molecule has 0 heterocycles. The molecule has 0 aliphatic heterocycles. The molecule has 0 saturated carbocycles. The molecule has 0 fully saturated rings. The van der Waals surface area contributed by atoms with Crippen LogP contribution in [0.25, 0.3) is 0 Å². The van der Waals surface area contributed by atoms with Crippen LogP contribution in [-0.2, 0) is 20.4 Å². The average molecular weight is 435 g/mol. The summed E-state index contributed by atoms with van der Waals surface area (Å²) < 4.78 is 0. The minimum absolute atomic E-state index is 0. The Bertz CT molecular complexity index is 777. The van der Waals surface area contributed by atoms with Gasteiger partial charge in [0.1, 0.15) is 0 Å². The van der Waals surface area contributed by atoms with Gasteiger partial charge >= 0.3 is 23.1 Å². The molecule has 164 valence electrons. The number of hydrogen-bond acceptors (Lipinski definition) is 4. The van der Waals surface area contributed by atoms with E-state index in [2.05, 4.69) is 0 Å². The van der Waals surface area contributed by atoms with Gasteiger partial charge in [0.2, 0.25) is 0 Å². The van der Waals surface area contributed by atoms with Gasteiger partial charge < -0.3 is 19.8 Å². The maximum Gasteiger partial charge on any atom is 2.00 e. The van der Waals surface area contributed by atoms with Crippen LogP contribution in [0.4, 0.5) is 0 Å². The van der Waals surface area contributed by atoms with Crippen molar-refractivity contribution in [3.63, 3.8) is 0 Å². The molecule has 5 heteroatoms. The van der Waals surface area contributed by atoms with Gasteiger partial charge in [-0.15, -0.1) is 0 Å². The zero-order chi connectivity index (χ0) is 23.4. The van der Waals surface area contributed by atoms with Crippen molar-refractivity contribution in [3.05, 3.63) is 71.8 Å². The number of benzene rings is 2. The summed E-state index contributed by atoms with van der Waals surface area (Å²) in [7, 11) is 0. The fraction of sp³-hybridized carbons (Fsp3) is 0.462. The Labute approximate surface area is 203 Å². The molecule has 2 atom stereocenters. The van der Waals surface area contributed by atoms with Crippen molar-refractivity contribution >= 4 is 35.0 Å². The molecule has 4 nitrogen and oxygen atoms in total. The summed E-state index contributed by atoms with van der Waals surface area (Å²) >= 11 is 0. The SMILES string of the molecule is CC(C)(C)C(C)(C(=O)[O-])c1ccccc1.CC(C)(C)C(C)(C(=O)[O-])c1ccccc1.[Mg+2]. The van der Waals surface area contributed by atoms with Gasteiger partial charge in [0.05, 0.1) is 11.9 Å². The summed E-state index contributed by atoms with van der Waals surface area (Å²) in [6.45, 7) is 14.9. The quantitative estimate of drug-likeness (QED) is 0.692. The van der Waals surface area contributed by atoms with Crippen molar-refractivity contribution in [2.24, 2.45) is 10.8 Å². The van der Waals surface area contributed by atoms with Gasteiger partial charge in [-0.1, -0.05) is 102 Å². The Morgan fingerprint density at radius 1 is 0.548 bits per heavy atom. The van der Waals surface area contributed by atoms with E-state index in [9.17, 15) is 19.8 Å². The molecule has 2 rings (SSSR count). The van der Waals surface area contributed by atoms with E-state index in [-0.39, 0.29) is 33.9 Å². The first kappa shape index (κ1) is 29.1. The summed E-state index contributed by atoms with van der Waals surface area (Å²) in [4.78, 5) is 22.7. The fourth-order valence-electron chi connectivity index (χ4n) is 3.26. The van der Waals surface area contributed by atoms with E-state index < -0.39 is 22.8 Å². The molecular formula is C26H34MgO4. The smallest absolute Gasteiger partial charge is 0.549 e. The van der Waals surface area contributed by atoms with Crippen LogP contribution >= 0.6 is 0 Å². The molecule has 0 aliphatic rings. The first-order valence-corrected chi connectivity index (χ1v) is 10.1. The van der Waals surface area contributed by atoms with Crippen LogP contribution in [0, 0.1) is 10.8 Å². The third kappa shape index (κ3) is 6.10. The van der Waals surface area contributed by atoms with Crippen LogP contribution < -0.4 is 10.2 Å². The predicted molar refractivity (Wildman–Crippen MR) is 122 cm³/mol. The Balaban J connectivity index is 0.000000562. The molecule has 2 aromatic carbocycles. The van der Waals surface area contributed by atoms with Crippen molar-refractivity contribution in [1.29, 1.82) is 0 Å². The summed E-state index contributed by atoms with van der Waals surface area (Å²) in [6.07, 6.45) is 0. The topological polar surface area (TPSA) is 80.3 Å². The maximum absolute atomic E-state index is 11.4. The summed E-state index contributed by atoms with van der Waals surface area (Å²) in [5, 5.41) is 22.7. The van der Waals surface area contributed by atoms with Gasteiger partial charge in [-0.25, -0.2) is 0 Å². The van der Waals surface area contributed by atoms with Gasteiger partial charge in [0.15, 0.2) is 0 Å². The van der Waals surface area contributed by atoms with Gasteiger partial charge in [-0.05, 0) is 35.8 Å². The second-order valence-corrected chi connectivity index (χ2v) is 10.1. The predicted octanol–water partition coefficient (Wildman–Crippen LogP) is 3.10. The molecule has 0 amide bonds. The number of rotatable bonds is 4. The summed E-state index contributed by atoms with van der Waals surface area (Å²) in [6, 6.07) is 18.5. The fourth-order valence-corrected chi connectivity index (χ4v) is 3.26. The van der Waals surface area contributed by atoms with Crippen LogP contribution in [0.3, 0.4) is 0 Å². The second kappa shape index (κ2) is 10.6. The monoisotopic (exact) mass is 434 g/mol. The largest absolute Gasteiger partial charge is 2.00 e. The number of carbonyl (C=O) groups is 2. The Kier molecular flexibility index (Phi) is 10.0. The van der Waals surface area contributed by atoms with Crippen molar-refractivity contribution < 1.29 is 19.8 Å². The molecular weight excluding hydrogens is 401 g/mol. The molecule has 31 heavy (non-hydrogen) atoms. The van der Waals surface area contributed by atoms with Crippen LogP contribution in [-0.4, -0.2) is 35.0 Å². The van der Waals surface area contributed by atoms with Gasteiger partial charge in [-0.2, -0.15) is 0 Å². The molecule has 0 aliphatic carbocycles. The first-order chi connectivity index (χ1) is 13.6. The first-order valence-electron chi connectivity index (χ1n) is 10.1. The molecule has 0 saturated heterocycles. The van der Waals surface area contributed by atoms with E-state index >= 15 is 0 Å². The number of carbonyl (C=O) groups excluding carboxylic acids is 2. The second-order valence-electron chi connectivity index (χ2n) is 10.1. The standard InChI is InChI=1S/2C13H18O2.Mg/c2*1-12(2,3)13(4,11(14)15)10-8-6-5-7-9-10;/h2*5-9H,1-4H3,(H,14,15);/q;;+2/p-2. The molecule has 2 unspecified atom stereocenters. The van der Waals surface area contributed by atoms with Crippen molar-refractivity contribution in [2.75, 3.05) is 0 Å². The van der Waals surface area contributed by atoms with Crippen LogP contribution in [0.2, 0.25) is 0 Å². The summed E-state index contributed by atoms with van der Waals surface area (Å²) in [5.41, 5.74) is -1.11. The molecule has 0 bridgehead atoms. The van der Waals surface area contributed by atoms with Crippen LogP contribution in [0.5, 0.6) is 0 Å². The van der Waals surface area contributed by atoms with Crippen LogP contribution in [0.15, 0.2) is 60.7 Å². The minimum Gasteiger partial charge on any atom is -0.549 e. The van der Waals surface area contributed by atoms with Crippen molar-refractivity contribution in [1.82, 2.24) is 0 Å². The van der Waals surface area contributed by atoms with Gasteiger partial charge in [-0.3, -0.25) is 0 Å². The third-order valence-electron chi connectivity index (χ3n) is 6.52.